The van der Waals surface area contributed by atoms with Crippen LogP contribution in [0.25, 0.3) is 11.0 Å². The van der Waals surface area contributed by atoms with Gasteiger partial charge in [0.05, 0.1) is 16.8 Å². The third-order valence-corrected chi connectivity index (χ3v) is 6.70. The van der Waals surface area contributed by atoms with Crippen molar-refractivity contribution < 1.29 is 12.8 Å². The molecule has 1 aliphatic rings. The molecule has 1 aromatic heterocycles. The van der Waals surface area contributed by atoms with Gasteiger partial charge >= 0.3 is 0 Å². The Balaban J connectivity index is 1.77. The second-order valence-electron chi connectivity index (χ2n) is 6.89. The average Bonchev–Trinajstić information content (AvgIpc) is 3.00. The predicted molar refractivity (Wildman–Crippen MR) is 106 cm³/mol. The van der Waals surface area contributed by atoms with Crippen LogP contribution in [-0.4, -0.2) is 41.5 Å². The first-order chi connectivity index (χ1) is 13.2. The summed E-state index contributed by atoms with van der Waals surface area (Å²) in [5.41, 5.74) is 6.35. The first-order valence-corrected chi connectivity index (χ1v) is 10.1. The SMILES string of the molecule is CN1C(N)=N[C@](C)(c2cc3[nH]c(Nc4ccccc4)nc3cc2F)CS1(=O)=O. The van der Waals surface area contributed by atoms with Gasteiger partial charge in [0.1, 0.15) is 11.4 Å². The van der Waals surface area contributed by atoms with E-state index >= 15 is 0 Å². The predicted octanol–water partition coefficient (Wildman–Crippen LogP) is 2.25. The Labute approximate surface area is 161 Å². The summed E-state index contributed by atoms with van der Waals surface area (Å²) in [5.74, 6) is -0.710. The number of H-pyrrole nitrogens is 1. The Morgan fingerprint density at radius 1 is 1.29 bits per heavy atom. The zero-order valence-corrected chi connectivity index (χ0v) is 16.1. The average molecular weight is 402 g/mol. The Kier molecular flexibility index (Phi) is 4.03. The van der Waals surface area contributed by atoms with Gasteiger partial charge in [-0.05, 0) is 25.1 Å². The van der Waals surface area contributed by atoms with Crippen molar-refractivity contribution in [3.8, 4) is 0 Å². The third kappa shape index (κ3) is 3.05. The van der Waals surface area contributed by atoms with Gasteiger partial charge < -0.3 is 16.0 Å². The number of fused-ring (bicyclic) bond motifs is 1. The quantitative estimate of drug-likeness (QED) is 0.621. The van der Waals surface area contributed by atoms with Crippen molar-refractivity contribution in [2.24, 2.45) is 10.7 Å². The first kappa shape index (κ1) is 18.2. The maximum atomic E-state index is 14.9. The lowest BCUT2D eigenvalue weighted by Gasteiger charge is -2.34. The molecular weight excluding hydrogens is 383 g/mol. The molecule has 0 saturated heterocycles. The van der Waals surface area contributed by atoms with E-state index in [1.54, 1.807) is 6.92 Å². The molecule has 0 bridgehead atoms. The molecule has 1 atom stereocenters. The van der Waals surface area contributed by atoms with Crippen LogP contribution in [0.4, 0.5) is 16.0 Å². The van der Waals surface area contributed by atoms with E-state index in [0.29, 0.717) is 17.0 Å². The number of rotatable bonds is 3. The fraction of sp³-hybridized carbons (Fsp3) is 0.222. The van der Waals surface area contributed by atoms with Crippen molar-refractivity contribution in [1.82, 2.24) is 14.3 Å². The van der Waals surface area contributed by atoms with E-state index in [0.717, 1.165) is 9.99 Å². The molecule has 4 N–H and O–H groups in total. The molecule has 2 aromatic carbocycles. The number of para-hydroxylation sites is 1. The number of nitrogens with one attached hydrogen (secondary N) is 2. The van der Waals surface area contributed by atoms with Crippen molar-refractivity contribution in [2.75, 3.05) is 18.1 Å². The van der Waals surface area contributed by atoms with Crippen LogP contribution in [-0.2, 0) is 15.6 Å². The van der Waals surface area contributed by atoms with Crippen molar-refractivity contribution in [3.63, 3.8) is 0 Å². The van der Waals surface area contributed by atoms with Crippen LogP contribution in [0.15, 0.2) is 47.5 Å². The molecule has 4 rings (SSSR count). The van der Waals surface area contributed by atoms with E-state index in [1.165, 1.54) is 19.2 Å². The zero-order chi connectivity index (χ0) is 20.1. The highest BCUT2D eigenvalue weighted by Gasteiger charge is 2.41. The highest BCUT2D eigenvalue weighted by Crippen LogP contribution is 2.35. The molecule has 0 fully saturated rings. The molecule has 10 heteroatoms. The summed E-state index contributed by atoms with van der Waals surface area (Å²) in [6.45, 7) is 1.55. The van der Waals surface area contributed by atoms with Crippen LogP contribution in [0, 0.1) is 5.82 Å². The Hall–Kier alpha value is -3.14. The monoisotopic (exact) mass is 402 g/mol. The number of anilines is 2. The lowest BCUT2D eigenvalue weighted by molar-refractivity contribution is 0.458. The van der Waals surface area contributed by atoms with Gasteiger partial charge in [0.2, 0.25) is 21.9 Å². The summed E-state index contributed by atoms with van der Waals surface area (Å²) in [5, 5.41) is 3.11. The molecule has 3 aromatic rings. The lowest BCUT2D eigenvalue weighted by atomic mass is 9.93. The Bertz CT molecular complexity index is 1190. The number of guanidine groups is 1. The van der Waals surface area contributed by atoms with Crippen LogP contribution in [0.3, 0.4) is 0 Å². The Morgan fingerprint density at radius 3 is 2.68 bits per heavy atom. The lowest BCUT2D eigenvalue weighted by Crippen LogP contribution is -2.50. The fourth-order valence-corrected chi connectivity index (χ4v) is 4.70. The van der Waals surface area contributed by atoms with Gasteiger partial charge in [0.15, 0.2) is 0 Å². The molecule has 0 unspecified atom stereocenters. The van der Waals surface area contributed by atoms with E-state index in [4.69, 9.17) is 5.73 Å². The van der Waals surface area contributed by atoms with Gasteiger partial charge in [-0.25, -0.2) is 27.1 Å². The van der Waals surface area contributed by atoms with Crippen molar-refractivity contribution >= 4 is 38.7 Å². The van der Waals surface area contributed by atoms with Gasteiger partial charge in [-0.1, -0.05) is 18.2 Å². The number of hydrogen-bond donors (Lipinski definition) is 3. The maximum Gasteiger partial charge on any atom is 0.239 e. The van der Waals surface area contributed by atoms with Crippen molar-refractivity contribution in [1.29, 1.82) is 0 Å². The van der Waals surface area contributed by atoms with Crippen molar-refractivity contribution in [3.05, 3.63) is 53.8 Å². The number of sulfonamides is 1. The number of hydrogen-bond acceptors (Lipinski definition) is 6. The number of aromatic amines is 1. The van der Waals surface area contributed by atoms with Crippen LogP contribution in [0.5, 0.6) is 0 Å². The summed E-state index contributed by atoms with van der Waals surface area (Å²) in [4.78, 5) is 11.7. The number of aromatic nitrogens is 2. The topological polar surface area (TPSA) is 116 Å². The van der Waals surface area contributed by atoms with E-state index in [9.17, 15) is 12.8 Å². The molecule has 8 nitrogen and oxygen atoms in total. The van der Waals surface area contributed by atoms with Gasteiger partial charge in [0, 0.05) is 24.4 Å². The number of aliphatic imine (C=N–C) groups is 1. The second-order valence-corrected chi connectivity index (χ2v) is 8.89. The summed E-state index contributed by atoms with van der Waals surface area (Å²) in [7, 11) is -2.38. The molecule has 28 heavy (non-hydrogen) atoms. The second kappa shape index (κ2) is 6.20. The van der Waals surface area contributed by atoms with Gasteiger partial charge in [-0.15, -0.1) is 0 Å². The summed E-state index contributed by atoms with van der Waals surface area (Å²) >= 11 is 0. The molecule has 0 saturated carbocycles. The molecule has 2 heterocycles. The number of nitrogens with two attached hydrogens (primary N) is 1. The first-order valence-electron chi connectivity index (χ1n) is 8.52. The smallest absolute Gasteiger partial charge is 0.239 e. The molecule has 0 spiro atoms. The molecule has 1 aliphatic heterocycles. The zero-order valence-electron chi connectivity index (χ0n) is 15.3. The molecule has 0 radical (unpaired) electrons. The molecule has 0 amide bonds. The van der Waals surface area contributed by atoms with Crippen molar-refractivity contribution in [2.45, 2.75) is 12.5 Å². The third-order valence-electron chi connectivity index (χ3n) is 4.75. The van der Waals surface area contributed by atoms with Gasteiger partial charge in [-0.2, -0.15) is 0 Å². The summed E-state index contributed by atoms with van der Waals surface area (Å²) in [6.07, 6.45) is 0. The fourth-order valence-electron chi connectivity index (χ4n) is 3.25. The number of halogens is 1. The van der Waals surface area contributed by atoms with Gasteiger partial charge in [0.25, 0.3) is 0 Å². The van der Waals surface area contributed by atoms with Crippen LogP contribution >= 0.6 is 0 Å². The largest absolute Gasteiger partial charge is 0.369 e. The van der Waals surface area contributed by atoms with Crippen LogP contribution in [0.2, 0.25) is 0 Å². The maximum absolute atomic E-state index is 14.9. The summed E-state index contributed by atoms with van der Waals surface area (Å²) < 4.78 is 40.5. The minimum atomic E-state index is -3.70. The number of imidazole rings is 1. The minimum Gasteiger partial charge on any atom is -0.369 e. The van der Waals surface area contributed by atoms with Crippen LogP contribution < -0.4 is 11.1 Å². The highest BCUT2D eigenvalue weighted by molar-refractivity contribution is 7.89. The van der Waals surface area contributed by atoms with Gasteiger partial charge in [-0.3, -0.25) is 0 Å². The van der Waals surface area contributed by atoms with E-state index in [-0.39, 0.29) is 17.3 Å². The highest BCUT2D eigenvalue weighted by atomic mass is 32.2. The Morgan fingerprint density at radius 2 is 2.00 bits per heavy atom. The number of benzene rings is 2. The minimum absolute atomic E-state index is 0.134. The molecular formula is C18H19FN6O2S. The summed E-state index contributed by atoms with van der Waals surface area (Å²) in [6, 6.07) is 12.2. The molecule has 0 aliphatic carbocycles. The van der Waals surface area contributed by atoms with Crippen LogP contribution in [0.1, 0.15) is 12.5 Å². The number of nitrogens with zero attached hydrogens (tertiary/aromatic N) is 3. The van der Waals surface area contributed by atoms with E-state index < -0.39 is 21.4 Å². The van der Waals surface area contributed by atoms with E-state index in [1.807, 2.05) is 30.3 Å². The normalized spacial score (nSPS) is 21.5. The molecule has 146 valence electrons. The standard InChI is InChI=1S/C18H19FN6O2S/c1-18(10-28(26,27)25(2)16(20)24-18)12-8-14-15(9-13(12)19)23-17(22-14)21-11-6-4-3-5-7-11/h3-9H,10H2,1-2H3,(H2,20,24)(H2,21,22,23)/t18-/m0/s1. The van der Waals surface area contributed by atoms with E-state index in [2.05, 4.69) is 20.3 Å².